The highest BCUT2D eigenvalue weighted by Gasteiger charge is 2.15. The smallest absolute Gasteiger partial charge is 0.222 e. The Morgan fingerprint density at radius 1 is 1.21 bits per heavy atom. The van der Waals surface area contributed by atoms with E-state index in [4.69, 9.17) is 17.3 Å². The third-order valence-corrected chi connectivity index (χ3v) is 3.99. The molecule has 19 heavy (non-hydrogen) atoms. The topological polar surface area (TPSA) is 46.3 Å². The highest BCUT2D eigenvalue weighted by molar-refractivity contribution is 6.33. The van der Waals surface area contributed by atoms with Crippen molar-refractivity contribution in [3.05, 3.63) is 28.8 Å². The molecular formula is C15H21ClN2O. The van der Waals surface area contributed by atoms with Gasteiger partial charge >= 0.3 is 0 Å². The summed E-state index contributed by atoms with van der Waals surface area (Å²) in [6.45, 7) is 1.84. The van der Waals surface area contributed by atoms with Crippen LogP contribution in [0.5, 0.6) is 0 Å². The number of aryl methyl sites for hydroxylation is 1. The van der Waals surface area contributed by atoms with Crippen molar-refractivity contribution in [2.45, 2.75) is 38.5 Å². The second-order valence-corrected chi connectivity index (χ2v) is 5.56. The van der Waals surface area contributed by atoms with E-state index in [9.17, 15) is 4.79 Å². The van der Waals surface area contributed by atoms with Crippen molar-refractivity contribution in [2.75, 3.05) is 18.8 Å². The van der Waals surface area contributed by atoms with E-state index in [2.05, 4.69) is 0 Å². The molecule has 3 nitrogen and oxygen atoms in total. The fourth-order valence-electron chi connectivity index (χ4n) is 2.48. The van der Waals surface area contributed by atoms with Gasteiger partial charge in [-0.3, -0.25) is 4.79 Å². The summed E-state index contributed by atoms with van der Waals surface area (Å²) in [7, 11) is 0. The molecule has 4 heteroatoms. The van der Waals surface area contributed by atoms with Gasteiger partial charge in [0.2, 0.25) is 5.91 Å². The lowest BCUT2D eigenvalue weighted by Gasteiger charge is -2.20. The molecule has 0 saturated carbocycles. The van der Waals surface area contributed by atoms with Gasteiger partial charge in [0.1, 0.15) is 0 Å². The van der Waals surface area contributed by atoms with Crippen LogP contribution in [0.4, 0.5) is 5.69 Å². The van der Waals surface area contributed by atoms with Crippen LogP contribution in [0, 0.1) is 0 Å². The molecule has 2 N–H and O–H groups in total. The summed E-state index contributed by atoms with van der Waals surface area (Å²) in [5.41, 5.74) is 7.42. The van der Waals surface area contributed by atoms with Gasteiger partial charge in [-0.1, -0.05) is 30.5 Å². The lowest BCUT2D eigenvalue weighted by molar-refractivity contribution is -0.131. The summed E-state index contributed by atoms with van der Waals surface area (Å²) >= 11 is 5.88. The molecule has 1 saturated heterocycles. The number of carbonyl (C=O) groups excluding carboxylic acids is 1. The van der Waals surface area contributed by atoms with E-state index in [1.165, 1.54) is 12.8 Å². The Morgan fingerprint density at radius 3 is 2.53 bits per heavy atom. The van der Waals surface area contributed by atoms with Crippen LogP contribution in [-0.2, 0) is 11.2 Å². The van der Waals surface area contributed by atoms with Gasteiger partial charge in [0.15, 0.2) is 0 Å². The number of hydrogen-bond acceptors (Lipinski definition) is 2. The van der Waals surface area contributed by atoms with Gasteiger partial charge < -0.3 is 10.6 Å². The maximum atomic E-state index is 12.1. The van der Waals surface area contributed by atoms with Crippen LogP contribution in [0.3, 0.4) is 0 Å². The number of nitrogen functional groups attached to an aromatic ring is 1. The minimum atomic E-state index is 0.260. The van der Waals surface area contributed by atoms with Crippen molar-refractivity contribution in [3.8, 4) is 0 Å². The highest BCUT2D eigenvalue weighted by atomic mass is 35.5. The minimum Gasteiger partial charge on any atom is -0.398 e. The van der Waals surface area contributed by atoms with E-state index in [1.54, 1.807) is 6.07 Å². The molecule has 1 amide bonds. The van der Waals surface area contributed by atoms with Crippen molar-refractivity contribution < 1.29 is 4.79 Å². The van der Waals surface area contributed by atoms with E-state index in [0.717, 1.165) is 37.9 Å². The maximum absolute atomic E-state index is 12.1. The Bertz CT molecular complexity index is 440. The summed E-state index contributed by atoms with van der Waals surface area (Å²) in [6.07, 6.45) is 6.06. The van der Waals surface area contributed by atoms with E-state index >= 15 is 0 Å². The van der Waals surface area contributed by atoms with E-state index in [0.29, 0.717) is 17.1 Å². The van der Waals surface area contributed by atoms with Gasteiger partial charge in [-0.05, 0) is 37.0 Å². The largest absolute Gasteiger partial charge is 0.398 e. The van der Waals surface area contributed by atoms with Crippen molar-refractivity contribution in [1.82, 2.24) is 4.90 Å². The molecule has 1 fully saturated rings. The third-order valence-electron chi connectivity index (χ3n) is 3.65. The monoisotopic (exact) mass is 280 g/mol. The van der Waals surface area contributed by atoms with E-state index in [-0.39, 0.29) is 5.91 Å². The predicted molar refractivity (Wildman–Crippen MR) is 79.2 cm³/mol. The fraction of sp³-hybridized carbons (Fsp3) is 0.533. The van der Waals surface area contributed by atoms with Gasteiger partial charge in [-0.15, -0.1) is 0 Å². The van der Waals surface area contributed by atoms with Gasteiger partial charge in [-0.25, -0.2) is 0 Å². The van der Waals surface area contributed by atoms with Crippen LogP contribution in [0.1, 0.15) is 37.7 Å². The van der Waals surface area contributed by atoms with Crippen molar-refractivity contribution in [2.24, 2.45) is 0 Å². The molecule has 1 aliphatic heterocycles. The number of likely N-dealkylation sites (tertiary alicyclic amines) is 1. The molecule has 0 aromatic heterocycles. The standard InChI is InChI=1S/C15H21ClN2O/c16-13-7-5-12(11-14(13)17)6-8-15(19)18-9-3-1-2-4-10-18/h5,7,11H,1-4,6,8-10,17H2. The first-order chi connectivity index (χ1) is 9.16. The first-order valence-electron chi connectivity index (χ1n) is 6.98. The normalized spacial score (nSPS) is 16.2. The lowest BCUT2D eigenvalue weighted by atomic mass is 10.1. The second-order valence-electron chi connectivity index (χ2n) is 5.15. The van der Waals surface area contributed by atoms with Crippen molar-refractivity contribution in [1.29, 1.82) is 0 Å². The number of nitrogens with two attached hydrogens (primary N) is 1. The SMILES string of the molecule is Nc1cc(CCC(=O)N2CCCCCC2)ccc1Cl. The fourth-order valence-corrected chi connectivity index (χ4v) is 2.60. The lowest BCUT2D eigenvalue weighted by Crippen LogP contribution is -2.31. The van der Waals surface area contributed by atoms with E-state index in [1.807, 2.05) is 17.0 Å². The Kier molecular flexibility index (Phi) is 5.08. The minimum absolute atomic E-state index is 0.260. The summed E-state index contributed by atoms with van der Waals surface area (Å²) in [5.74, 6) is 0.260. The average Bonchev–Trinajstić information content (AvgIpc) is 2.69. The van der Waals surface area contributed by atoms with Crippen molar-refractivity contribution in [3.63, 3.8) is 0 Å². The number of halogens is 1. The molecule has 2 rings (SSSR count). The molecule has 0 unspecified atom stereocenters. The zero-order chi connectivity index (χ0) is 13.7. The summed E-state index contributed by atoms with van der Waals surface area (Å²) < 4.78 is 0. The first-order valence-corrected chi connectivity index (χ1v) is 7.36. The van der Waals surface area contributed by atoms with E-state index < -0.39 is 0 Å². The summed E-state index contributed by atoms with van der Waals surface area (Å²) in [4.78, 5) is 14.2. The molecule has 0 bridgehead atoms. The molecule has 1 heterocycles. The van der Waals surface area contributed by atoms with Gasteiger partial charge in [0, 0.05) is 19.5 Å². The third kappa shape index (κ3) is 4.13. The molecule has 1 aromatic carbocycles. The number of amides is 1. The molecular weight excluding hydrogens is 260 g/mol. The Labute approximate surface area is 119 Å². The zero-order valence-corrected chi connectivity index (χ0v) is 12.0. The number of hydrogen-bond donors (Lipinski definition) is 1. The first kappa shape index (κ1) is 14.2. The Morgan fingerprint density at radius 2 is 1.89 bits per heavy atom. The zero-order valence-electron chi connectivity index (χ0n) is 11.2. The average molecular weight is 281 g/mol. The molecule has 104 valence electrons. The molecule has 0 atom stereocenters. The van der Waals surface area contributed by atoms with Crippen LogP contribution < -0.4 is 5.73 Å². The summed E-state index contributed by atoms with van der Waals surface area (Å²) in [5, 5.41) is 0.572. The van der Waals surface area contributed by atoms with Crippen molar-refractivity contribution >= 4 is 23.2 Å². The predicted octanol–water partition coefficient (Wildman–Crippen LogP) is 3.26. The number of carbonyl (C=O) groups is 1. The maximum Gasteiger partial charge on any atom is 0.222 e. The quantitative estimate of drug-likeness (QED) is 0.864. The molecule has 0 spiro atoms. The van der Waals surface area contributed by atoms with Gasteiger partial charge in [0.25, 0.3) is 0 Å². The van der Waals surface area contributed by atoms with Crippen LogP contribution in [0.2, 0.25) is 5.02 Å². The number of nitrogens with zero attached hydrogens (tertiary/aromatic N) is 1. The van der Waals surface area contributed by atoms with Crippen LogP contribution >= 0.6 is 11.6 Å². The molecule has 1 aromatic rings. The second kappa shape index (κ2) is 6.80. The number of benzene rings is 1. The Hall–Kier alpha value is -1.22. The molecule has 0 radical (unpaired) electrons. The van der Waals surface area contributed by atoms with Crippen LogP contribution in [-0.4, -0.2) is 23.9 Å². The van der Waals surface area contributed by atoms with Gasteiger partial charge in [0.05, 0.1) is 10.7 Å². The number of rotatable bonds is 3. The Balaban J connectivity index is 1.86. The van der Waals surface area contributed by atoms with Crippen LogP contribution in [0.15, 0.2) is 18.2 Å². The molecule has 1 aliphatic rings. The summed E-state index contributed by atoms with van der Waals surface area (Å²) in [6, 6.07) is 5.59. The highest BCUT2D eigenvalue weighted by Crippen LogP contribution is 2.20. The van der Waals surface area contributed by atoms with Crippen LogP contribution in [0.25, 0.3) is 0 Å². The molecule has 0 aliphatic carbocycles. The van der Waals surface area contributed by atoms with Gasteiger partial charge in [-0.2, -0.15) is 0 Å². The number of anilines is 1.